The van der Waals surface area contributed by atoms with E-state index in [1.54, 1.807) is 0 Å². The molecular formula is C25H36N4O. The van der Waals surface area contributed by atoms with Crippen LogP contribution in [-0.2, 0) is 17.4 Å². The summed E-state index contributed by atoms with van der Waals surface area (Å²) in [6.07, 6.45) is 8.78. The molecule has 2 aromatic rings. The summed E-state index contributed by atoms with van der Waals surface area (Å²) in [7, 11) is 0. The van der Waals surface area contributed by atoms with E-state index in [2.05, 4.69) is 38.3 Å². The van der Waals surface area contributed by atoms with Crippen LogP contribution in [0.15, 0.2) is 12.1 Å². The van der Waals surface area contributed by atoms with Gasteiger partial charge in [-0.05, 0) is 50.7 Å². The second-order valence-electron chi connectivity index (χ2n) is 10.8. The van der Waals surface area contributed by atoms with E-state index in [1.165, 1.54) is 44.9 Å². The molecule has 2 aromatic heterocycles. The molecule has 2 aliphatic rings. The summed E-state index contributed by atoms with van der Waals surface area (Å²) in [5.41, 5.74) is 10.4. The molecule has 0 aliphatic heterocycles. The first-order valence-electron chi connectivity index (χ1n) is 11.5. The molecule has 2 N–H and O–H groups in total. The van der Waals surface area contributed by atoms with Crippen molar-refractivity contribution in [3.63, 3.8) is 0 Å². The number of carbonyl (C=O) groups is 1. The minimum atomic E-state index is -0.365. The number of primary amides is 1. The number of carbonyl (C=O) groups excluding carboxylic acids is 1. The maximum absolute atomic E-state index is 12.1. The molecule has 0 radical (unpaired) electrons. The lowest BCUT2D eigenvalue weighted by atomic mass is 9.89. The van der Waals surface area contributed by atoms with Crippen LogP contribution >= 0.6 is 0 Å². The molecule has 0 aromatic carbocycles. The maximum atomic E-state index is 12.1. The lowest BCUT2D eigenvalue weighted by molar-refractivity contribution is 0.0999. The molecule has 0 spiro atoms. The normalized spacial score (nSPS) is 19.1. The summed E-state index contributed by atoms with van der Waals surface area (Å²) in [6, 6.07) is 4.10. The number of aromatic nitrogens is 3. The highest BCUT2D eigenvalue weighted by atomic mass is 16.1. The minimum absolute atomic E-state index is 0.141. The molecule has 5 nitrogen and oxygen atoms in total. The molecule has 30 heavy (non-hydrogen) atoms. The fourth-order valence-corrected chi connectivity index (χ4v) is 4.64. The van der Waals surface area contributed by atoms with E-state index in [9.17, 15) is 4.79 Å². The van der Waals surface area contributed by atoms with Gasteiger partial charge in [-0.25, -0.2) is 9.97 Å². The number of rotatable bonds is 5. The van der Waals surface area contributed by atoms with Gasteiger partial charge in [-0.1, -0.05) is 47.0 Å². The Kier molecular flexibility index (Phi) is 5.27. The number of nitrogens with two attached hydrogens (primary N) is 1. The Morgan fingerprint density at radius 1 is 1.17 bits per heavy atom. The van der Waals surface area contributed by atoms with E-state index in [0.29, 0.717) is 11.5 Å². The van der Waals surface area contributed by atoms with Crippen LogP contribution in [0.4, 0.5) is 0 Å². The van der Waals surface area contributed by atoms with Crippen LogP contribution in [-0.4, -0.2) is 20.4 Å². The topological polar surface area (TPSA) is 73.8 Å². The molecule has 5 heteroatoms. The SMILES string of the molecule is Cc1c(C(N)=O)cc(-c2cc(C3(C)CC3)nc(C(C)(C)C)n2)n1CC1CCCCC1. The highest BCUT2D eigenvalue weighted by molar-refractivity contribution is 5.95. The molecule has 2 fully saturated rings. The van der Waals surface area contributed by atoms with Gasteiger partial charge in [0.15, 0.2) is 0 Å². The Hall–Kier alpha value is -2.17. The lowest BCUT2D eigenvalue weighted by Gasteiger charge is -2.25. The largest absolute Gasteiger partial charge is 0.366 e. The standard InChI is InChI=1S/C25H36N4O/c1-16-18(22(26)30)13-20(29(16)15-17-9-7-6-8-10-17)19-14-21(25(5)11-12-25)28-23(27-19)24(2,3)4/h13-14,17H,6-12,15H2,1-5H3,(H2,26,30). The summed E-state index contributed by atoms with van der Waals surface area (Å²) in [5, 5.41) is 0. The molecule has 0 unspecified atom stereocenters. The lowest BCUT2D eigenvalue weighted by Crippen LogP contribution is -2.20. The second-order valence-corrected chi connectivity index (χ2v) is 10.8. The van der Waals surface area contributed by atoms with Crippen LogP contribution in [0.3, 0.4) is 0 Å². The molecule has 2 heterocycles. The van der Waals surface area contributed by atoms with E-state index in [1.807, 2.05) is 13.0 Å². The fourth-order valence-electron chi connectivity index (χ4n) is 4.64. The molecule has 4 rings (SSSR count). The summed E-state index contributed by atoms with van der Waals surface area (Å²) in [6.45, 7) is 11.7. The van der Waals surface area contributed by atoms with Crippen molar-refractivity contribution in [1.82, 2.24) is 14.5 Å². The molecule has 0 bridgehead atoms. The third kappa shape index (κ3) is 4.03. The minimum Gasteiger partial charge on any atom is -0.366 e. The van der Waals surface area contributed by atoms with Crippen LogP contribution in [0.25, 0.3) is 11.4 Å². The molecule has 2 saturated carbocycles. The van der Waals surface area contributed by atoms with Crippen LogP contribution in [0.1, 0.15) is 100 Å². The quantitative estimate of drug-likeness (QED) is 0.731. The van der Waals surface area contributed by atoms with Gasteiger partial charge in [0.2, 0.25) is 0 Å². The Labute approximate surface area is 180 Å². The third-order valence-electron chi connectivity index (χ3n) is 7.08. The molecule has 2 aliphatic carbocycles. The first kappa shape index (κ1) is 21.1. The van der Waals surface area contributed by atoms with Gasteiger partial charge >= 0.3 is 0 Å². The molecule has 1 amide bonds. The molecule has 0 atom stereocenters. The molecule has 0 saturated heterocycles. The van der Waals surface area contributed by atoms with E-state index < -0.39 is 0 Å². The zero-order valence-electron chi connectivity index (χ0n) is 19.2. The molecular weight excluding hydrogens is 372 g/mol. The zero-order chi connectivity index (χ0) is 21.7. The first-order chi connectivity index (χ1) is 14.1. The van der Waals surface area contributed by atoms with Crippen molar-refractivity contribution in [3.8, 4) is 11.4 Å². The van der Waals surface area contributed by atoms with Crippen molar-refractivity contribution >= 4 is 5.91 Å². The predicted molar refractivity (Wildman–Crippen MR) is 121 cm³/mol. The highest BCUT2D eigenvalue weighted by Crippen LogP contribution is 2.47. The number of amides is 1. The average Bonchev–Trinajstić information content (AvgIpc) is 3.37. The predicted octanol–water partition coefficient (Wildman–Crippen LogP) is 5.28. The Morgan fingerprint density at radius 3 is 2.40 bits per heavy atom. The van der Waals surface area contributed by atoms with E-state index >= 15 is 0 Å². The number of hydrogen-bond donors (Lipinski definition) is 1. The van der Waals surface area contributed by atoms with Crippen LogP contribution in [0.2, 0.25) is 0 Å². The van der Waals surface area contributed by atoms with Gasteiger partial charge in [-0.15, -0.1) is 0 Å². The van der Waals surface area contributed by atoms with Gasteiger partial charge in [0.1, 0.15) is 5.82 Å². The van der Waals surface area contributed by atoms with Crippen molar-refractivity contribution in [3.05, 3.63) is 34.9 Å². The Morgan fingerprint density at radius 2 is 1.83 bits per heavy atom. The first-order valence-corrected chi connectivity index (χ1v) is 11.5. The van der Waals surface area contributed by atoms with Gasteiger partial charge < -0.3 is 10.3 Å². The third-order valence-corrected chi connectivity index (χ3v) is 7.08. The van der Waals surface area contributed by atoms with Crippen molar-refractivity contribution in [2.75, 3.05) is 0 Å². The number of hydrogen-bond acceptors (Lipinski definition) is 3. The van der Waals surface area contributed by atoms with Gasteiger partial charge in [0.05, 0.1) is 22.6 Å². The van der Waals surface area contributed by atoms with E-state index in [4.69, 9.17) is 15.7 Å². The van der Waals surface area contributed by atoms with Crippen LogP contribution in [0, 0.1) is 12.8 Å². The van der Waals surface area contributed by atoms with Gasteiger partial charge in [0, 0.05) is 23.1 Å². The maximum Gasteiger partial charge on any atom is 0.250 e. The van der Waals surface area contributed by atoms with Crippen LogP contribution < -0.4 is 5.73 Å². The smallest absolute Gasteiger partial charge is 0.250 e. The Balaban J connectivity index is 1.84. The Bertz CT molecular complexity index is 933. The highest BCUT2D eigenvalue weighted by Gasteiger charge is 2.41. The summed E-state index contributed by atoms with van der Waals surface area (Å²) < 4.78 is 2.30. The molecule has 162 valence electrons. The zero-order valence-corrected chi connectivity index (χ0v) is 19.2. The van der Waals surface area contributed by atoms with E-state index in [-0.39, 0.29) is 16.7 Å². The summed E-state index contributed by atoms with van der Waals surface area (Å²) >= 11 is 0. The van der Waals surface area contributed by atoms with Gasteiger partial charge in [0.25, 0.3) is 5.91 Å². The monoisotopic (exact) mass is 408 g/mol. The van der Waals surface area contributed by atoms with Crippen molar-refractivity contribution in [2.24, 2.45) is 11.7 Å². The average molecular weight is 409 g/mol. The summed E-state index contributed by atoms with van der Waals surface area (Å²) in [5.74, 6) is 1.15. The van der Waals surface area contributed by atoms with Crippen molar-refractivity contribution in [1.29, 1.82) is 0 Å². The number of nitrogens with zero attached hydrogens (tertiary/aromatic N) is 3. The summed E-state index contributed by atoms with van der Waals surface area (Å²) in [4.78, 5) is 22.1. The van der Waals surface area contributed by atoms with Gasteiger partial charge in [-0.3, -0.25) is 4.79 Å². The van der Waals surface area contributed by atoms with Gasteiger partial charge in [-0.2, -0.15) is 0 Å². The van der Waals surface area contributed by atoms with Crippen molar-refractivity contribution in [2.45, 2.75) is 96.9 Å². The second kappa shape index (κ2) is 7.51. The van der Waals surface area contributed by atoms with E-state index in [0.717, 1.165) is 35.1 Å². The van der Waals surface area contributed by atoms with Crippen LogP contribution in [0.5, 0.6) is 0 Å². The fraction of sp³-hybridized carbons (Fsp3) is 0.640. The van der Waals surface area contributed by atoms with Crippen molar-refractivity contribution < 1.29 is 4.79 Å².